The monoisotopic (exact) mass is 420 g/mol. The standard InChI is InChI=1S/C23H20N2O4S/c30-23-24-21-14(8-13-4-6-17-19(9-13)28-11-26-17)2-1-3-16(21)22(25-23)15-5-7-18-20(10-15)29-12-27-18/h4-10,22H,1-3,11-12H2,(H2,24,25,30)/b14-8+/t22-/m1/s1. The van der Waals surface area contributed by atoms with E-state index in [9.17, 15) is 0 Å². The minimum Gasteiger partial charge on any atom is -0.454 e. The zero-order chi connectivity index (χ0) is 20.1. The summed E-state index contributed by atoms with van der Waals surface area (Å²) < 4.78 is 22.0. The van der Waals surface area contributed by atoms with E-state index in [0.717, 1.165) is 59.1 Å². The first kappa shape index (κ1) is 17.7. The molecule has 0 saturated heterocycles. The highest BCUT2D eigenvalue weighted by Crippen LogP contribution is 2.42. The van der Waals surface area contributed by atoms with Crippen molar-refractivity contribution >= 4 is 23.4 Å². The Bertz CT molecular complexity index is 1120. The molecule has 0 unspecified atom stereocenters. The van der Waals surface area contributed by atoms with E-state index in [1.807, 2.05) is 24.3 Å². The number of ether oxygens (including phenoxy) is 4. The number of fused-ring (bicyclic) bond motifs is 2. The molecule has 0 bridgehead atoms. The van der Waals surface area contributed by atoms with Gasteiger partial charge in [0.25, 0.3) is 0 Å². The molecule has 1 atom stereocenters. The molecule has 30 heavy (non-hydrogen) atoms. The van der Waals surface area contributed by atoms with Gasteiger partial charge in [0, 0.05) is 5.70 Å². The smallest absolute Gasteiger partial charge is 0.231 e. The molecular formula is C23H20N2O4S. The molecule has 3 aliphatic heterocycles. The van der Waals surface area contributed by atoms with Crippen LogP contribution in [0, 0.1) is 0 Å². The van der Waals surface area contributed by atoms with Gasteiger partial charge in [-0.05, 0) is 84.1 Å². The lowest BCUT2D eigenvalue weighted by Crippen LogP contribution is -2.45. The zero-order valence-electron chi connectivity index (χ0n) is 16.2. The van der Waals surface area contributed by atoms with Gasteiger partial charge in [-0.1, -0.05) is 12.1 Å². The van der Waals surface area contributed by atoms with E-state index >= 15 is 0 Å². The topological polar surface area (TPSA) is 61.0 Å². The summed E-state index contributed by atoms with van der Waals surface area (Å²) in [5.74, 6) is 3.16. The maximum Gasteiger partial charge on any atom is 0.231 e. The molecule has 1 aliphatic carbocycles. The van der Waals surface area contributed by atoms with Gasteiger partial charge in [0.1, 0.15) is 0 Å². The quantitative estimate of drug-likeness (QED) is 0.707. The molecule has 7 heteroatoms. The van der Waals surface area contributed by atoms with Gasteiger partial charge < -0.3 is 29.6 Å². The fourth-order valence-electron chi connectivity index (χ4n) is 4.47. The second-order valence-electron chi connectivity index (χ2n) is 7.68. The molecule has 0 fully saturated rings. The van der Waals surface area contributed by atoms with Crippen LogP contribution < -0.4 is 29.6 Å². The van der Waals surface area contributed by atoms with Crippen molar-refractivity contribution < 1.29 is 18.9 Å². The van der Waals surface area contributed by atoms with Crippen molar-refractivity contribution in [3.63, 3.8) is 0 Å². The van der Waals surface area contributed by atoms with E-state index in [-0.39, 0.29) is 19.6 Å². The number of nitrogens with one attached hydrogen (secondary N) is 2. The summed E-state index contributed by atoms with van der Waals surface area (Å²) in [7, 11) is 0. The number of rotatable bonds is 2. The Balaban J connectivity index is 1.39. The van der Waals surface area contributed by atoms with Crippen LogP contribution in [0.1, 0.15) is 36.4 Å². The first-order valence-corrected chi connectivity index (χ1v) is 10.5. The summed E-state index contributed by atoms with van der Waals surface area (Å²) in [4.78, 5) is 0. The van der Waals surface area contributed by atoms with Crippen LogP contribution >= 0.6 is 12.2 Å². The van der Waals surface area contributed by atoms with Crippen LogP contribution in [0.4, 0.5) is 0 Å². The Morgan fingerprint density at radius 3 is 2.43 bits per heavy atom. The van der Waals surface area contributed by atoms with Gasteiger partial charge in [-0.15, -0.1) is 0 Å². The number of benzene rings is 2. The van der Waals surface area contributed by atoms with Crippen LogP contribution in [0.3, 0.4) is 0 Å². The maximum absolute atomic E-state index is 5.58. The van der Waals surface area contributed by atoms with E-state index in [4.69, 9.17) is 31.2 Å². The van der Waals surface area contributed by atoms with Gasteiger partial charge in [-0.2, -0.15) is 0 Å². The highest BCUT2D eigenvalue weighted by atomic mass is 32.1. The summed E-state index contributed by atoms with van der Waals surface area (Å²) in [5.41, 5.74) is 5.92. The third kappa shape index (κ3) is 2.97. The van der Waals surface area contributed by atoms with E-state index in [1.165, 1.54) is 11.1 Å². The summed E-state index contributed by atoms with van der Waals surface area (Å²) in [6.07, 6.45) is 5.31. The Hall–Kier alpha value is -3.19. The van der Waals surface area contributed by atoms with Crippen molar-refractivity contribution in [3.05, 3.63) is 64.4 Å². The normalized spacial score (nSPS) is 22.6. The highest BCUT2D eigenvalue weighted by Gasteiger charge is 2.31. The Labute approximate surface area is 179 Å². The van der Waals surface area contributed by atoms with Crippen LogP contribution in [-0.4, -0.2) is 18.7 Å². The second kappa shape index (κ2) is 6.95. The predicted octanol–water partition coefficient (Wildman–Crippen LogP) is 4.18. The van der Waals surface area contributed by atoms with Crippen LogP contribution in [0.2, 0.25) is 0 Å². The molecule has 0 aromatic heterocycles. The molecule has 0 spiro atoms. The van der Waals surface area contributed by atoms with Crippen LogP contribution in [-0.2, 0) is 0 Å². The highest BCUT2D eigenvalue weighted by molar-refractivity contribution is 7.80. The van der Waals surface area contributed by atoms with E-state index in [0.29, 0.717) is 5.11 Å². The van der Waals surface area contributed by atoms with Crippen molar-refractivity contribution in [2.75, 3.05) is 13.6 Å². The second-order valence-corrected chi connectivity index (χ2v) is 8.09. The third-order valence-corrected chi connectivity index (χ3v) is 6.08. The van der Waals surface area contributed by atoms with Gasteiger partial charge in [0.15, 0.2) is 28.1 Å². The molecule has 0 radical (unpaired) electrons. The molecule has 2 N–H and O–H groups in total. The van der Waals surface area contributed by atoms with Crippen LogP contribution in [0.25, 0.3) is 6.08 Å². The van der Waals surface area contributed by atoms with Gasteiger partial charge in [-0.3, -0.25) is 0 Å². The minimum absolute atomic E-state index is 0.0173. The minimum atomic E-state index is 0.0173. The molecule has 0 saturated carbocycles. The Kier molecular flexibility index (Phi) is 4.09. The number of thiocarbonyl (C=S) groups is 1. The van der Waals surface area contributed by atoms with Crippen molar-refractivity contribution in [2.24, 2.45) is 0 Å². The predicted molar refractivity (Wildman–Crippen MR) is 116 cm³/mol. The molecule has 3 heterocycles. The molecule has 152 valence electrons. The van der Waals surface area contributed by atoms with E-state index in [1.54, 1.807) is 0 Å². The zero-order valence-corrected chi connectivity index (χ0v) is 17.0. The van der Waals surface area contributed by atoms with Gasteiger partial charge in [0.05, 0.1) is 6.04 Å². The third-order valence-electron chi connectivity index (χ3n) is 5.86. The summed E-state index contributed by atoms with van der Waals surface area (Å²) in [6, 6.07) is 12.2. The van der Waals surface area contributed by atoms with Gasteiger partial charge in [0.2, 0.25) is 13.6 Å². The molecule has 2 aromatic carbocycles. The molecule has 6 nitrogen and oxygen atoms in total. The van der Waals surface area contributed by atoms with Crippen molar-refractivity contribution in [1.29, 1.82) is 0 Å². The first-order valence-electron chi connectivity index (χ1n) is 10.1. The largest absolute Gasteiger partial charge is 0.454 e. The van der Waals surface area contributed by atoms with Crippen LogP contribution in [0.5, 0.6) is 23.0 Å². The summed E-state index contributed by atoms with van der Waals surface area (Å²) in [5, 5.41) is 7.49. The fourth-order valence-corrected chi connectivity index (χ4v) is 4.69. The molecule has 4 aliphatic rings. The molecule has 0 amide bonds. The maximum atomic E-state index is 5.58. The van der Waals surface area contributed by atoms with Crippen molar-refractivity contribution in [3.8, 4) is 23.0 Å². The lowest BCUT2D eigenvalue weighted by atomic mass is 9.83. The first-order chi connectivity index (χ1) is 14.7. The average molecular weight is 420 g/mol. The fraction of sp³-hybridized carbons (Fsp3) is 0.261. The van der Waals surface area contributed by atoms with Gasteiger partial charge in [-0.25, -0.2) is 0 Å². The van der Waals surface area contributed by atoms with E-state index in [2.05, 4.69) is 28.8 Å². The molecule has 6 rings (SSSR count). The average Bonchev–Trinajstić information content (AvgIpc) is 3.42. The molecule has 2 aromatic rings. The summed E-state index contributed by atoms with van der Waals surface area (Å²) >= 11 is 5.56. The summed E-state index contributed by atoms with van der Waals surface area (Å²) in [6.45, 7) is 0.552. The Morgan fingerprint density at radius 1 is 0.867 bits per heavy atom. The number of hydrogen-bond acceptors (Lipinski definition) is 5. The van der Waals surface area contributed by atoms with Crippen molar-refractivity contribution in [1.82, 2.24) is 10.6 Å². The van der Waals surface area contributed by atoms with E-state index < -0.39 is 0 Å². The lowest BCUT2D eigenvalue weighted by molar-refractivity contribution is 0.173. The lowest BCUT2D eigenvalue weighted by Gasteiger charge is -2.36. The number of allylic oxidation sites excluding steroid dienone is 1. The number of hydrogen-bond donors (Lipinski definition) is 2. The van der Waals surface area contributed by atoms with Gasteiger partial charge >= 0.3 is 0 Å². The van der Waals surface area contributed by atoms with Crippen LogP contribution in [0.15, 0.2) is 53.2 Å². The Morgan fingerprint density at radius 2 is 1.60 bits per heavy atom. The molecular weight excluding hydrogens is 400 g/mol. The van der Waals surface area contributed by atoms with Crippen molar-refractivity contribution in [2.45, 2.75) is 25.3 Å². The SMILES string of the molecule is S=C1NC2=C(CCC/C2=C\c2ccc3c(c2)OCO3)[C@@H](c2ccc3c(c2)OCO3)N1.